The number of nitrogens with one attached hydrogen (secondary N) is 1. The maximum Gasteiger partial charge on any atom is 0.221 e. The third-order valence-corrected chi connectivity index (χ3v) is 3.67. The van der Waals surface area contributed by atoms with Crippen LogP contribution in [0.1, 0.15) is 19.1 Å². The molecule has 1 heterocycles. The molecular weight excluding hydrogens is 272 g/mol. The predicted molar refractivity (Wildman–Crippen MR) is 81.4 cm³/mol. The van der Waals surface area contributed by atoms with Crippen molar-refractivity contribution < 1.29 is 9.32 Å². The van der Waals surface area contributed by atoms with Crippen LogP contribution in [0.5, 0.6) is 0 Å². The Balaban J connectivity index is 1.83. The molecule has 0 atom stereocenters. The smallest absolute Gasteiger partial charge is 0.221 e. The molecule has 0 aliphatic rings. The van der Waals surface area contributed by atoms with E-state index in [0.717, 1.165) is 22.8 Å². The van der Waals surface area contributed by atoms with Crippen molar-refractivity contribution in [3.63, 3.8) is 0 Å². The normalized spacial score (nSPS) is 10.4. The molecule has 1 amide bonds. The number of hydrogen-bond donors (Lipinski definition) is 1. The highest BCUT2D eigenvalue weighted by molar-refractivity contribution is 7.99. The zero-order valence-corrected chi connectivity index (χ0v) is 12.3. The van der Waals surface area contributed by atoms with E-state index in [2.05, 4.69) is 17.4 Å². The van der Waals surface area contributed by atoms with E-state index in [4.69, 9.17) is 4.52 Å². The molecule has 0 saturated heterocycles. The minimum absolute atomic E-state index is 0.0450. The lowest BCUT2D eigenvalue weighted by Gasteiger charge is -2.01. The molecule has 0 saturated carbocycles. The molecule has 0 aliphatic heterocycles. The quantitative estimate of drug-likeness (QED) is 0.796. The number of nitrogens with zero attached hydrogens (tertiary/aromatic N) is 1. The molecule has 20 heavy (non-hydrogen) atoms. The number of aromatic nitrogens is 1. The lowest BCUT2D eigenvalue weighted by molar-refractivity contribution is -0.120. The molecule has 0 unspecified atom stereocenters. The first-order chi connectivity index (χ1) is 9.79. The Morgan fingerprint density at radius 3 is 2.90 bits per heavy atom. The summed E-state index contributed by atoms with van der Waals surface area (Å²) in [7, 11) is 0. The topological polar surface area (TPSA) is 55.1 Å². The van der Waals surface area contributed by atoms with Gasteiger partial charge in [-0.1, -0.05) is 42.4 Å². The molecule has 0 aliphatic carbocycles. The standard InChI is InChI=1S/C15H18N2O2S/c1-2-20-9-8-15(18)16-11-13-10-14(17-19-13)12-6-4-3-5-7-12/h3-7,10H,2,8-9,11H2,1H3,(H,16,18). The van der Waals surface area contributed by atoms with Gasteiger partial charge in [-0.05, 0) is 5.75 Å². The molecule has 0 spiro atoms. The zero-order chi connectivity index (χ0) is 14.2. The summed E-state index contributed by atoms with van der Waals surface area (Å²) in [4.78, 5) is 11.6. The monoisotopic (exact) mass is 290 g/mol. The van der Waals surface area contributed by atoms with Crippen molar-refractivity contribution in [3.05, 3.63) is 42.2 Å². The Morgan fingerprint density at radius 2 is 2.15 bits per heavy atom. The number of carbonyl (C=O) groups is 1. The molecule has 5 heteroatoms. The molecule has 1 aromatic carbocycles. The van der Waals surface area contributed by atoms with Gasteiger partial charge in [0.25, 0.3) is 0 Å². The van der Waals surface area contributed by atoms with Gasteiger partial charge < -0.3 is 9.84 Å². The van der Waals surface area contributed by atoms with E-state index in [1.54, 1.807) is 11.8 Å². The zero-order valence-electron chi connectivity index (χ0n) is 11.5. The minimum Gasteiger partial charge on any atom is -0.359 e. The molecule has 1 aromatic heterocycles. The third kappa shape index (κ3) is 4.42. The van der Waals surface area contributed by atoms with E-state index in [1.807, 2.05) is 36.4 Å². The van der Waals surface area contributed by atoms with Crippen LogP contribution in [0.4, 0.5) is 0 Å². The van der Waals surface area contributed by atoms with Gasteiger partial charge in [0.1, 0.15) is 5.69 Å². The highest BCUT2D eigenvalue weighted by Crippen LogP contribution is 2.18. The van der Waals surface area contributed by atoms with Crippen LogP contribution < -0.4 is 5.32 Å². The summed E-state index contributed by atoms with van der Waals surface area (Å²) in [5.41, 5.74) is 1.80. The average Bonchev–Trinajstić information content (AvgIpc) is 2.95. The van der Waals surface area contributed by atoms with Crippen LogP contribution in [0.15, 0.2) is 40.9 Å². The van der Waals surface area contributed by atoms with Crippen molar-refractivity contribution in [2.45, 2.75) is 19.9 Å². The summed E-state index contributed by atoms with van der Waals surface area (Å²) in [5.74, 6) is 2.60. The summed E-state index contributed by atoms with van der Waals surface area (Å²) in [5, 5.41) is 6.85. The fourth-order valence-electron chi connectivity index (χ4n) is 1.72. The van der Waals surface area contributed by atoms with Gasteiger partial charge in [0, 0.05) is 23.8 Å². The minimum atomic E-state index is 0.0450. The number of thioether (sulfide) groups is 1. The number of benzene rings is 1. The first kappa shape index (κ1) is 14.7. The van der Waals surface area contributed by atoms with Gasteiger partial charge in [0.05, 0.1) is 6.54 Å². The van der Waals surface area contributed by atoms with Crippen molar-refractivity contribution in [1.29, 1.82) is 0 Å². The van der Waals surface area contributed by atoms with E-state index >= 15 is 0 Å². The average molecular weight is 290 g/mol. The van der Waals surface area contributed by atoms with Crippen LogP contribution in [-0.2, 0) is 11.3 Å². The Kier molecular flexibility index (Phi) is 5.68. The Labute approximate surface area is 122 Å². The first-order valence-electron chi connectivity index (χ1n) is 6.65. The van der Waals surface area contributed by atoms with Crippen molar-refractivity contribution in [2.24, 2.45) is 0 Å². The predicted octanol–water partition coefficient (Wildman–Crippen LogP) is 3.10. The fourth-order valence-corrected chi connectivity index (χ4v) is 2.34. The summed E-state index contributed by atoms with van der Waals surface area (Å²) in [6, 6.07) is 11.7. The maximum atomic E-state index is 11.6. The second-order valence-electron chi connectivity index (χ2n) is 4.27. The van der Waals surface area contributed by atoms with Crippen molar-refractivity contribution in [3.8, 4) is 11.3 Å². The number of hydrogen-bond acceptors (Lipinski definition) is 4. The summed E-state index contributed by atoms with van der Waals surface area (Å²) in [6.07, 6.45) is 0.540. The summed E-state index contributed by atoms with van der Waals surface area (Å²) in [6.45, 7) is 2.47. The van der Waals surface area contributed by atoms with Crippen LogP contribution >= 0.6 is 11.8 Å². The molecule has 0 radical (unpaired) electrons. The Bertz CT molecular complexity index is 540. The molecule has 2 aromatic rings. The summed E-state index contributed by atoms with van der Waals surface area (Å²) < 4.78 is 5.23. The highest BCUT2D eigenvalue weighted by atomic mass is 32.2. The van der Waals surface area contributed by atoms with E-state index in [1.165, 1.54) is 0 Å². The molecule has 106 valence electrons. The van der Waals surface area contributed by atoms with Crippen molar-refractivity contribution >= 4 is 17.7 Å². The Morgan fingerprint density at radius 1 is 1.35 bits per heavy atom. The van der Waals surface area contributed by atoms with Crippen LogP contribution in [0.2, 0.25) is 0 Å². The van der Waals surface area contributed by atoms with Gasteiger partial charge in [0.2, 0.25) is 5.91 Å². The van der Waals surface area contributed by atoms with Crippen LogP contribution in [0.25, 0.3) is 11.3 Å². The van der Waals surface area contributed by atoms with Crippen LogP contribution in [0, 0.1) is 0 Å². The Hall–Kier alpha value is -1.75. The molecule has 4 nitrogen and oxygen atoms in total. The van der Waals surface area contributed by atoms with Gasteiger partial charge in [-0.15, -0.1) is 0 Å². The van der Waals surface area contributed by atoms with Gasteiger partial charge in [-0.25, -0.2) is 0 Å². The SMILES string of the molecule is CCSCCC(=O)NCc1cc(-c2ccccc2)no1. The highest BCUT2D eigenvalue weighted by Gasteiger charge is 2.07. The van der Waals surface area contributed by atoms with Gasteiger partial charge >= 0.3 is 0 Å². The molecule has 1 N–H and O–H groups in total. The largest absolute Gasteiger partial charge is 0.359 e. The van der Waals surface area contributed by atoms with E-state index < -0.39 is 0 Å². The van der Waals surface area contributed by atoms with Crippen LogP contribution in [-0.4, -0.2) is 22.6 Å². The van der Waals surface area contributed by atoms with E-state index in [-0.39, 0.29) is 5.91 Å². The first-order valence-corrected chi connectivity index (χ1v) is 7.80. The third-order valence-electron chi connectivity index (χ3n) is 2.77. The molecule has 2 rings (SSSR count). The van der Waals surface area contributed by atoms with Crippen molar-refractivity contribution in [1.82, 2.24) is 10.5 Å². The molecular formula is C15H18N2O2S. The molecule has 0 bridgehead atoms. The maximum absolute atomic E-state index is 11.6. The fraction of sp³-hybridized carbons (Fsp3) is 0.333. The lowest BCUT2D eigenvalue weighted by atomic mass is 10.1. The number of rotatable bonds is 7. The van der Waals surface area contributed by atoms with E-state index in [0.29, 0.717) is 18.7 Å². The summed E-state index contributed by atoms with van der Waals surface area (Å²) >= 11 is 1.76. The van der Waals surface area contributed by atoms with Gasteiger partial charge in [-0.2, -0.15) is 11.8 Å². The lowest BCUT2D eigenvalue weighted by Crippen LogP contribution is -2.22. The number of carbonyl (C=O) groups excluding carboxylic acids is 1. The van der Waals surface area contributed by atoms with Crippen LogP contribution in [0.3, 0.4) is 0 Å². The number of amides is 1. The van der Waals surface area contributed by atoms with Gasteiger partial charge in [-0.3, -0.25) is 4.79 Å². The molecule has 0 fully saturated rings. The van der Waals surface area contributed by atoms with Crippen molar-refractivity contribution in [2.75, 3.05) is 11.5 Å². The second-order valence-corrected chi connectivity index (χ2v) is 5.66. The van der Waals surface area contributed by atoms with E-state index in [9.17, 15) is 4.79 Å². The second kappa shape index (κ2) is 7.75. The van der Waals surface area contributed by atoms with Gasteiger partial charge in [0.15, 0.2) is 5.76 Å².